The van der Waals surface area contributed by atoms with Crippen molar-refractivity contribution in [1.29, 1.82) is 0 Å². The Balaban J connectivity index is 2.00. The molecule has 28 heavy (non-hydrogen) atoms. The molecule has 154 valence electrons. The predicted octanol–water partition coefficient (Wildman–Crippen LogP) is 4.89. The van der Waals surface area contributed by atoms with Crippen molar-refractivity contribution in [3.8, 4) is 11.5 Å². The molecule has 0 aromatic heterocycles. The van der Waals surface area contributed by atoms with E-state index in [-0.39, 0.29) is 5.82 Å². The van der Waals surface area contributed by atoms with Gasteiger partial charge in [-0.15, -0.1) is 0 Å². The second-order valence-electron chi connectivity index (χ2n) is 6.44. The molecule has 2 aromatic rings. The Morgan fingerprint density at radius 3 is 2.32 bits per heavy atom. The first-order valence-corrected chi connectivity index (χ1v) is 10.2. The van der Waals surface area contributed by atoms with Crippen LogP contribution in [0.3, 0.4) is 0 Å². The van der Waals surface area contributed by atoms with Crippen LogP contribution in [0.15, 0.2) is 36.4 Å². The molecule has 0 heterocycles. The summed E-state index contributed by atoms with van der Waals surface area (Å²) in [5, 5.41) is 4.07. The quantitative estimate of drug-likeness (QED) is 0.507. The summed E-state index contributed by atoms with van der Waals surface area (Å²) in [5.74, 6) is 0.984. The minimum absolute atomic E-state index is 0.264. The van der Waals surface area contributed by atoms with E-state index in [1.54, 1.807) is 18.2 Å². The Labute approximate surface area is 172 Å². The lowest BCUT2D eigenvalue weighted by Gasteiger charge is -2.19. The average Bonchev–Trinajstić information content (AvgIpc) is 2.70. The monoisotopic (exact) mass is 408 g/mol. The maximum atomic E-state index is 13.0. The summed E-state index contributed by atoms with van der Waals surface area (Å²) in [5.41, 5.74) is 1.85. The molecular weight excluding hydrogens is 379 g/mol. The highest BCUT2D eigenvalue weighted by Gasteiger charge is 2.12. The highest BCUT2D eigenvalue weighted by molar-refractivity contribution is 6.31. The Bertz CT molecular complexity index is 721. The van der Waals surface area contributed by atoms with E-state index >= 15 is 0 Å². The van der Waals surface area contributed by atoms with Gasteiger partial charge < -0.3 is 19.7 Å². The van der Waals surface area contributed by atoms with Crippen molar-refractivity contribution in [2.24, 2.45) is 0 Å². The van der Waals surface area contributed by atoms with Crippen LogP contribution in [0.1, 0.15) is 31.9 Å². The number of likely N-dealkylation sites (N-methyl/N-ethyl adjacent to an activating group) is 1. The molecule has 1 N–H and O–H groups in total. The second kappa shape index (κ2) is 11.9. The van der Waals surface area contributed by atoms with Gasteiger partial charge in [0.2, 0.25) is 0 Å². The summed E-state index contributed by atoms with van der Waals surface area (Å²) in [6.07, 6.45) is 0. The van der Waals surface area contributed by atoms with Gasteiger partial charge in [-0.1, -0.05) is 37.6 Å². The number of ether oxygens (including phenoxy) is 2. The molecule has 0 amide bonds. The van der Waals surface area contributed by atoms with E-state index in [4.69, 9.17) is 21.1 Å². The summed E-state index contributed by atoms with van der Waals surface area (Å²) >= 11 is 6.46. The molecule has 0 bridgehead atoms. The van der Waals surface area contributed by atoms with E-state index in [1.807, 2.05) is 13.0 Å². The Hall–Kier alpha value is -1.82. The molecular formula is C22H30ClFN2O2. The topological polar surface area (TPSA) is 33.7 Å². The van der Waals surface area contributed by atoms with E-state index in [0.29, 0.717) is 36.3 Å². The molecule has 2 aromatic carbocycles. The zero-order valence-electron chi connectivity index (χ0n) is 16.9. The van der Waals surface area contributed by atoms with E-state index in [9.17, 15) is 4.39 Å². The van der Waals surface area contributed by atoms with E-state index in [0.717, 1.165) is 37.3 Å². The first-order chi connectivity index (χ1) is 13.6. The fraction of sp³-hybridized carbons (Fsp3) is 0.455. The number of benzene rings is 2. The van der Waals surface area contributed by atoms with Gasteiger partial charge in [-0.3, -0.25) is 0 Å². The summed E-state index contributed by atoms with van der Waals surface area (Å²) in [6, 6.07) is 9.95. The van der Waals surface area contributed by atoms with Crippen molar-refractivity contribution in [3.63, 3.8) is 0 Å². The fourth-order valence-electron chi connectivity index (χ4n) is 2.84. The van der Waals surface area contributed by atoms with Gasteiger partial charge in [-0.25, -0.2) is 4.39 Å². The van der Waals surface area contributed by atoms with Gasteiger partial charge in [0.25, 0.3) is 0 Å². The Morgan fingerprint density at radius 1 is 1.00 bits per heavy atom. The molecule has 6 heteroatoms. The molecule has 0 aliphatic rings. The van der Waals surface area contributed by atoms with Crippen LogP contribution in [0.4, 0.5) is 4.39 Å². The summed E-state index contributed by atoms with van der Waals surface area (Å²) in [6.45, 7) is 11.8. The summed E-state index contributed by atoms with van der Waals surface area (Å²) < 4.78 is 24.7. The molecule has 0 fully saturated rings. The number of rotatable bonds is 12. The summed E-state index contributed by atoms with van der Waals surface area (Å²) in [7, 11) is 0. The van der Waals surface area contributed by atoms with Gasteiger partial charge >= 0.3 is 0 Å². The fourth-order valence-corrected chi connectivity index (χ4v) is 3.06. The third kappa shape index (κ3) is 6.97. The van der Waals surface area contributed by atoms with Crippen LogP contribution in [0.2, 0.25) is 5.02 Å². The van der Waals surface area contributed by atoms with Crippen LogP contribution in [0.5, 0.6) is 11.5 Å². The standard InChI is InChI=1S/C22H30ClFN2O2/c1-4-26(5-2)12-11-25-15-18-13-21(27-6-3)22(14-20(18)23)28-16-17-7-9-19(24)10-8-17/h7-10,13-14,25H,4-6,11-12,15-16H2,1-3H3. The van der Waals surface area contributed by atoms with Crippen molar-refractivity contribution in [3.05, 3.63) is 58.4 Å². The zero-order valence-corrected chi connectivity index (χ0v) is 17.7. The molecule has 0 aliphatic carbocycles. The third-order valence-electron chi connectivity index (χ3n) is 4.53. The largest absolute Gasteiger partial charge is 0.490 e. The van der Waals surface area contributed by atoms with Crippen molar-refractivity contribution in [2.75, 3.05) is 32.8 Å². The van der Waals surface area contributed by atoms with Crippen LogP contribution >= 0.6 is 11.6 Å². The van der Waals surface area contributed by atoms with Crippen LogP contribution in [-0.4, -0.2) is 37.7 Å². The van der Waals surface area contributed by atoms with Gasteiger partial charge in [0, 0.05) is 30.7 Å². The van der Waals surface area contributed by atoms with E-state index in [2.05, 4.69) is 24.1 Å². The van der Waals surface area contributed by atoms with Gasteiger partial charge in [0.05, 0.1) is 6.61 Å². The van der Waals surface area contributed by atoms with Crippen LogP contribution in [-0.2, 0) is 13.2 Å². The van der Waals surface area contributed by atoms with Crippen molar-refractivity contribution in [2.45, 2.75) is 33.9 Å². The molecule has 2 rings (SSSR count). The molecule has 0 radical (unpaired) electrons. The van der Waals surface area contributed by atoms with Crippen LogP contribution < -0.4 is 14.8 Å². The minimum Gasteiger partial charge on any atom is -0.490 e. The molecule has 0 saturated heterocycles. The molecule has 0 saturated carbocycles. The molecule has 0 aliphatic heterocycles. The average molecular weight is 409 g/mol. The Kier molecular flexibility index (Phi) is 9.55. The molecule has 0 atom stereocenters. The maximum absolute atomic E-state index is 13.0. The molecule has 0 spiro atoms. The Morgan fingerprint density at radius 2 is 1.68 bits per heavy atom. The first-order valence-electron chi connectivity index (χ1n) is 9.82. The lowest BCUT2D eigenvalue weighted by Crippen LogP contribution is -2.31. The van der Waals surface area contributed by atoms with Gasteiger partial charge in [0.15, 0.2) is 11.5 Å². The molecule has 4 nitrogen and oxygen atoms in total. The van der Waals surface area contributed by atoms with E-state index in [1.165, 1.54) is 12.1 Å². The third-order valence-corrected chi connectivity index (χ3v) is 4.89. The van der Waals surface area contributed by atoms with Gasteiger partial charge in [-0.2, -0.15) is 0 Å². The first kappa shape index (κ1) is 22.5. The number of halogens is 2. The summed E-state index contributed by atoms with van der Waals surface area (Å²) in [4.78, 5) is 2.37. The number of hydrogen-bond acceptors (Lipinski definition) is 4. The lowest BCUT2D eigenvalue weighted by atomic mass is 10.2. The second-order valence-corrected chi connectivity index (χ2v) is 6.85. The van der Waals surface area contributed by atoms with Gasteiger partial charge in [0.1, 0.15) is 12.4 Å². The molecule has 0 unspecified atom stereocenters. The zero-order chi connectivity index (χ0) is 20.4. The number of nitrogens with one attached hydrogen (secondary N) is 1. The smallest absolute Gasteiger partial charge is 0.163 e. The minimum atomic E-state index is -0.264. The SMILES string of the molecule is CCOc1cc(CNCCN(CC)CC)c(Cl)cc1OCc1ccc(F)cc1. The van der Waals surface area contributed by atoms with Crippen molar-refractivity contribution >= 4 is 11.6 Å². The normalized spacial score (nSPS) is 11.1. The lowest BCUT2D eigenvalue weighted by molar-refractivity contribution is 0.269. The van der Waals surface area contributed by atoms with Crippen molar-refractivity contribution < 1.29 is 13.9 Å². The highest BCUT2D eigenvalue weighted by Crippen LogP contribution is 2.34. The van der Waals surface area contributed by atoms with Crippen LogP contribution in [0.25, 0.3) is 0 Å². The highest BCUT2D eigenvalue weighted by atomic mass is 35.5. The maximum Gasteiger partial charge on any atom is 0.163 e. The number of nitrogens with zero attached hydrogens (tertiary/aromatic N) is 1. The van der Waals surface area contributed by atoms with Gasteiger partial charge in [-0.05, 0) is 49.3 Å². The van der Waals surface area contributed by atoms with Crippen LogP contribution in [0, 0.1) is 5.82 Å². The number of hydrogen-bond donors (Lipinski definition) is 1. The van der Waals surface area contributed by atoms with Crippen molar-refractivity contribution in [1.82, 2.24) is 10.2 Å². The van der Waals surface area contributed by atoms with E-state index < -0.39 is 0 Å². The predicted molar refractivity (Wildman–Crippen MR) is 113 cm³/mol.